The number of nitrogens with one attached hydrogen (secondary N) is 2. The second-order valence-corrected chi connectivity index (χ2v) is 7.68. The summed E-state index contributed by atoms with van der Waals surface area (Å²) in [7, 11) is 0. The molecule has 0 bridgehead atoms. The van der Waals surface area contributed by atoms with Crippen molar-refractivity contribution in [3.8, 4) is 0 Å². The van der Waals surface area contributed by atoms with Crippen LogP contribution in [-0.2, 0) is 9.59 Å². The largest absolute Gasteiger partial charge is 0.325 e. The summed E-state index contributed by atoms with van der Waals surface area (Å²) < 4.78 is 1.88. The van der Waals surface area contributed by atoms with Crippen LogP contribution in [-0.4, -0.2) is 33.1 Å². The number of carbonyl (C=O) groups excluding carboxylic acids is 2. The number of rotatable bonds is 8. The Bertz CT molecular complexity index is 768. The average Bonchev–Trinajstić information content (AvgIpc) is 3.36. The lowest BCUT2D eigenvalue weighted by molar-refractivity contribution is -0.114. The first-order valence-corrected chi connectivity index (χ1v) is 9.96. The summed E-state index contributed by atoms with van der Waals surface area (Å²) in [5.41, 5.74) is 1.91. The molecule has 0 radical (unpaired) electrons. The van der Waals surface area contributed by atoms with E-state index in [0.717, 1.165) is 17.1 Å². The molecule has 0 spiro atoms. The van der Waals surface area contributed by atoms with Gasteiger partial charge in [0, 0.05) is 11.8 Å². The van der Waals surface area contributed by atoms with E-state index in [4.69, 9.17) is 0 Å². The van der Waals surface area contributed by atoms with E-state index >= 15 is 0 Å². The van der Waals surface area contributed by atoms with E-state index in [1.54, 1.807) is 6.20 Å². The zero-order valence-electron chi connectivity index (χ0n) is 15.1. The fourth-order valence-electron chi connectivity index (χ4n) is 2.77. The molecule has 1 saturated carbocycles. The number of hydrogen-bond donors (Lipinski definition) is 2. The van der Waals surface area contributed by atoms with Crippen molar-refractivity contribution in [3.63, 3.8) is 0 Å². The molecule has 1 aliphatic carbocycles. The van der Waals surface area contributed by atoms with Crippen LogP contribution in [0.3, 0.4) is 0 Å². The van der Waals surface area contributed by atoms with Gasteiger partial charge in [-0.1, -0.05) is 17.7 Å². The molecule has 1 atom stereocenters. The number of hydrogen-bond acceptors (Lipinski definition) is 4. The first-order valence-electron chi connectivity index (χ1n) is 8.80. The Hall–Kier alpha value is -2.28. The van der Waals surface area contributed by atoms with Gasteiger partial charge in [-0.3, -0.25) is 9.59 Å². The number of aryl methyl sites for hydroxylation is 1. The van der Waals surface area contributed by atoms with Gasteiger partial charge in [0.25, 0.3) is 0 Å². The van der Waals surface area contributed by atoms with Crippen molar-refractivity contribution in [2.45, 2.75) is 32.7 Å². The third-order valence-corrected chi connectivity index (χ3v) is 5.36. The Labute approximate surface area is 157 Å². The fraction of sp³-hybridized carbons (Fsp3) is 0.421. The fourth-order valence-corrected chi connectivity index (χ4v) is 3.38. The monoisotopic (exact) mass is 372 g/mol. The van der Waals surface area contributed by atoms with Crippen LogP contribution in [0.2, 0.25) is 0 Å². The number of benzene rings is 1. The molecule has 0 saturated heterocycles. The molecule has 3 rings (SSSR count). The normalized spacial score (nSPS) is 14.7. The Balaban J connectivity index is 1.41. The number of nitrogens with zero attached hydrogens (tertiary/aromatic N) is 2. The molecule has 26 heavy (non-hydrogen) atoms. The van der Waals surface area contributed by atoms with Crippen LogP contribution in [0.4, 0.5) is 11.5 Å². The van der Waals surface area contributed by atoms with E-state index in [1.807, 2.05) is 41.9 Å². The maximum atomic E-state index is 12.1. The van der Waals surface area contributed by atoms with Crippen LogP contribution in [0.5, 0.6) is 0 Å². The number of amides is 2. The molecule has 2 aromatic rings. The van der Waals surface area contributed by atoms with Gasteiger partial charge in [-0.15, -0.1) is 11.8 Å². The van der Waals surface area contributed by atoms with Crippen molar-refractivity contribution in [2.75, 3.05) is 22.1 Å². The maximum Gasteiger partial charge on any atom is 0.235 e. The van der Waals surface area contributed by atoms with Crippen molar-refractivity contribution in [2.24, 2.45) is 5.92 Å². The van der Waals surface area contributed by atoms with Gasteiger partial charge in [0.1, 0.15) is 5.82 Å². The highest BCUT2D eigenvalue weighted by Gasteiger charge is 2.30. The minimum absolute atomic E-state index is 0.112. The number of anilines is 2. The predicted octanol–water partition coefficient (Wildman–Crippen LogP) is 3.47. The van der Waals surface area contributed by atoms with E-state index in [-0.39, 0.29) is 23.3 Å². The quantitative estimate of drug-likeness (QED) is 0.744. The number of aromatic nitrogens is 2. The molecular weight excluding hydrogens is 348 g/mol. The third-order valence-electron chi connectivity index (χ3n) is 4.43. The van der Waals surface area contributed by atoms with Gasteiger partial charge in [-0.25, -0.2) is 4.68 Å². The first-order chi connectivity index (χ1) is 12.5. The number of carbonyl (C=O) groups is 2. The van der Waals surface area contributed by atoms with Crippen molar-refractivity contribution >= 4 is 35.1 Å². The Kier molecular flexibility index (Phi) is 5.98. The summed E-state index contributed by atoms with van der Waals surface area (Å²) in [6.07, 6.45) is 4.15. The minimum Gasteiger partial charge on any atom is -0.325 e. The Morgan fingerprint density at radius 3 is 2.46 bits per heavy atom. The molecule has 1 heterocycles. The van der Waals surface area contributed by atoms with Crippen LogP contribution < -0.4 is 10.6 Å². The lowest BCUT2D eigenvalue weighted by atomic mass is 10.2. The standard InChI is InChI=1S/C19H24N4O2S/c1-13-3-7-16(8-4-13)21-18(24)11-26-12-19(25)22-17-9-10-20-23(17)14(2)15-5-6-15/h3-4,7-10,14-15H,5-6,11-12H2,1-2H3,(H,21,24)(H,22,25). The van der Waals surface area contributed by atoms with Crippen molar-refractivity contribution in [1.29, 1.82) is 0 Å². The lowest BCUT2D eigenvalue weighted by Gasteiger charge is -2.15. The highest BCUT2D eigenvalue weighted by molar-refractivity contribution is 8.00. The topological polar surface area (TPSA) is 76.0 Å². The van der Waals surface area contributed by atoms with Crippen LogP contribution >= 0.6 is 11.8 Å². The summed E-state index contributed by atoms with van der Waals surface area (Å²) in [5.74, 6) is 1.61. The average molecular weight is 372 g/mol. The number of thioether (sulfide) groups is 1. The van der Waals surface area contributed by atoms with E-state index < -0.39 is 0 Å². The summed E-state index contributed by atoms with van der Waals surface area (Å²) in [6.45, 7) is 4.13. The molecule has 6 nitrogen and oxygen atoms in total. The summed E-state index contributed by atoms with van der Waals surface area (Å²) >= 11 is 1.29. The summed E-state index contributed by atoms with van der Waals surface area (Å²) in [6, 6.07) is 9.74. The van der Waals surface area contributed by atoms with E-state index in [1.165, 1.54) is 24.6 Å². The van der Waals surface area contributed by atoms with Crippen molar-refractivity contribution < 1.29 is 9.59 Å². The van der Waals surface area contributed by atoms with Gasteiger partial charge in [-0.2, -0.15) is 5.10 Å². The molecule has 1 fully saturated rings. The first kappa shape index (κ1) is 18.5. The van der Waals surface area contributed by atoms with Gasteiger partial charge < -0.3 is 10.6 Å². The van der Waals surface area contributed by atoms with Gasteiger partial charge >= 0.3 is 0 Å². The maximum absolute atomic E-state index is 12.1. The molecule has 1 aromatic heterocycles. The zero-order valence-corrected chi connectivity index (χ0v) is 15.9. The summed E-state index contributed by atoms with van der Waals surface area (Å²) in [5, 5.41) is 10.0. The van der Waals surface area contributed by atoms with E-state index in [9.17, 15) is 9.59 Å². The molecule has 2 N–H and O–H groups in total. The summed E-state index contributed by atoms with van der Waals surface area (Å²) in [4.78, 5) is 24.1. The Morgan fingerprint density at radius 1 is 1.15 bits per heavy atom. The Morgan fingerprint density at radius 2 is 1.81 bits per heavy atom. The molecule has 1 unspecified atom stereocenters. The van der Waals surface area contributed by atoms with Gasteiger partial charge in [0.2, 0.25) is 11.8 Å². The third kappa shape index (κ3) is 5.11. The van der Waals surface area contributed by atoms with Gasteiger partial charge in [-0.05, 0) is 44.7 Å². The minimum atomic E-state index is -0.122. The molecule has 1 aromatic carbocycles. The molecule has 138 valence electrons. The van der Waals surface area contributed by atoms with Crippen LogP contribution in [0.1, 0.15) is 31.4 Å². The molecule has 2 amide bonds. The lowest BCUT2D eigenvalue weighted by Crippen LogP contribution is -2.21. The zero-order chi connectivity index (χ0) is 18.5. The van der Waals surface area contributed by atoms with Crippen LogP contribution in [0, 0.1) is 12.8 Å². The molecule has 7 heteroatoms. The van der Waals surface area contributed by atoms with E-state index in [2.05, 4.69) is 22.7 Å². The van der Waals surface area contributed by atoms with Crippen molar-refractivity contribution in [1.82, 2.24) is 9.78 Å². The highest BCUT2D eigenvalue weighted by atomic mass is 32.2. The van der Waals surface area contributed by atoms with Gasteiger partial charge in [0.15, 0.2) is 0 Å². The van der Waals surface area contributed by atoms with E-state index in [0.29, 0.717) is 12.0 Å². The highest BCUT2D eigenvalue weighted by Crippen LogP contribution is 2.40. The molecule has 1 aliphatic rings. The smallest absolute Gasteiger partial charge is 0.235 e. The molecular formula is C19H24N4O2S. The SMILES string of the molecule is Cc1ccc(NC(=O)CSCC(=O)Nc2ccnn2C(C)C2CC2)cc1. The van der Waals surface area contributed by atoms with Crippen LogP contribution in [0.25, 0.3) is 0 Å². The van der Waals surface area contributed by atoms with Crippen molar-refractivity contribution in [3.05, 3.63) is 42.1 Å². The second kappa shape index (κ2) is 8.40. The predicted molar refractivity (Wildman–Crippen MR) is 105 cm³/mol. The van der Waals surface area contributed by atoms with Gasteiger partial charge in [0.05, 0.1) is 23.7 Å². The molecule has 0 aliphatic heterocycles. The van der Waals surface area contributed by atoms with Crippen LogP contribution in [0.15, 0.2) is 36.5 Å². The second-order valence-electron chi connectivity index (χ2n) is 6.69.